The first kappa shape index (κ1) is 12.2. The average Bonchev–Trinajstić information content (AvgIpc) is 2.68. The Morgan fingerprint density at radius 2 is 2.24 bits per heavy atom. The Kier molecular flexibility index (Phi) is 3.86. The molecule has 1 heterocycles. The maximum Gasteiger partial charge on any atom is 0.223 e. The largest absolute Gasteiger partial charge is 0.338 e. The van der Waals surface area contributed by atoms with Gasteiger partial charge in [-0.25, -0.2) is 0 Å². The van der Waals surface area contributed by atoms with Crippen molar-refractivity contribution in [2.75, 3.05) is 13.1 Å². The summed E-state index contributed by atoms with van der Waals surface area (Å²) in [7, 11) is 0. The summed E-state index contributed by atoms with van der Waals surface area (Å²) >= 11 is 0. The molecule has 2 rings (SSSR count). The standard InChI is InChI=1S/C11H19N5O/c12-9-3-1-2-4-10(9)16-7-8(5-11(16)17)6-14-15-13/h8-10H,1-7,12H2/t8?,9-,10-/m0/s1. The summed E-state index contributed by atoms with van der Waals surface area (Å²) in [5.74, 6) is 0.345. The fraction of sp³-hybridized carbons (Fsp3) is 0.909. The van der Waals surface area contributed by atoms with Gasteiger partial charge in [0.15, 0.2) is 0 Å². The van der Waals surface area contributed by atoms with E-state index in [2.05, 4.69) is 10.0 Å². The van der Waals surface area contributed by atoms with Crippen LogP contribution < -0.4 is 5.73 Å². The fourth-order valence-corrected chi connectivity index (χ4v) is 2.93. The fourth-order valence-electron chi connectivity index (χ4n) is 2.93. The summed E-state index contributed by atoms with van der Waals surface area (Å²) in [4.78, 5) is 16.6. The number of hydrogen-bond acceptors (Lipinski definition) is 3. The molecule has 6 nitrogen and oxygen atoms in total. The molecular formula is C11H19N5O. The Morgan fingerprint density at radius 3 is 2.94 bits per heavy atom. The number of likely N-dealkylation sites (tertiary alicyclic amines) is 1. The van der Waals surface area contributed by atoms with Crippen molar-refractivity contribution in [3.05, 3.63) is 10.4 Å². The summed E-state index contributed by atoms with van der Waals surface area (Å²) in [5.41, 5.74) is 14.4. The molecule has 1 aliphatic carbocycles. The van der Waals surface area contributed by atoms with Gasteiger partial charge in [0.05, 0.1) is 0 Å². The highest BCUT2D eigenvalue weighted by atomic mass is 16.2. The average molecular weight is 237 g/mol. The van der Waals surface area contributed by atoms with Gasteiger partial charge in [-0.15, -0.1) is 0 Å². The molecule has 1 saturated carbocycles. The van der Waals surface area contributed by atoms with Crippen molar-refractivity contribution in [3.63, 3.8) is 0 Å². The SMILES string of the molecule is [N-]=[N+]=NCC1CC(=O)N([C@H]2CCCC[C@@H]2N)C1. The lowest BCUT2D eigenvalue weighted by Gasteiger charge is -2.36. The molecule has 6 heteroatoms. The summed E-state index contributed by atoms with van der Waals surface area (Å²) < 4.78 is 0. The van der Waals surface area contributed by atoms with Gasteiger partial charge < -0.3 is 10.6 Å². The highest BCUT2D eigenvalue weighted by Gasteiger charge is 2.37. The van der Waals surface area contributed by atoms with Crippen LogP contribution in [-0.2, 0) is 4.79 Å². The molecule has 0 aromatic carbocycles. The summed E-state index contributed by atoms with van der Waals surface area (Å²) in [6, 6.07) is 0.318. The molecule has 0 aromatic rings. The van der Waals surface area contributed by atoms with Crippen molar-refractivity contribution in [3.8, 4) is 0 Å². The molecule has 1 amide bonds. The molecule has 0 radical (unpaired) electrons. The van der Waals surface area contributed by atoms with E-state index < -0.39 is 0 Å². The van der Waals surface area contributed by atoms with Gasteiger partial charge in [0.25, 0.3) is 0 Å². The zero-order chi connectivity index (χ0) is 12.3. The predicted molar refractivity (Wildman–Crippen MR) is 64.1 cm³/mol. The molecule has 0 bridgehead atoms. The van der Waals surface area contributed by atoms with E-state index in [4.69, 9.17) is 11.3 Å². The molecule has 2 N–H and O–H groups in total. The number of azide groups is 1. The summed E-state index contributed by atoms with van der Waals surface area (Å²) in [5, 5.41) is 3.56. The number of carbonyl (C=O) groups is 1. The van der Waals surface area contributed by atoms with Crippen molar-refractivity contribution >= 4 is 5.91 Å². The molecular weight excluding hydrogens is 218 g/mol. The van der Waals surface area contributed by atoms with Crippen LogP contribution in [0.15, 0.2) is 5.11 Å². The molecule has 2 aliphatic rings. The third kappa shape index (κ3) is 2.70. The normalized spacial score (nSPS) is 33.6. The molecule has 0 spiro atoms. The van der Waals surface area contributed by atoms with Crippen LogP contribution in [0.25, 0.3) is 10.4 Å². The Balaban J connectivity index is 1.96. The third-order valence-electron chi connectivity index (χ3n) is 3.82. The highest BCUT2D eigenvalue weighted by molar-refractivity contribution is 5.79. The topological polar surface area (TPSA) is 95.1 Å². The van der Waals surface area contributed by atoms with Crippen molar-refractivity contribution < 1.29 is 4.79 Å². The van der Waals surface area contributed by atoms with Crippen LogP contribution in [-0.4, -0.2) is 36.0 Å². The van der Waals surface area contributed by atoms with E-state index in [1.165, 1.54) is 6.42 Å². The summed E-state index contributed by atoms with van der Waals surface area (Å²) in [6.45, 7) is 1.12. The van der Waals surface area contributed by atoms with E-state index >= 15 is 0 Å². The van der Waals surface area contributed by atoms with E-state index in [1.54, 1.807) is 0 Å². The lowest BCUT2D eigenvalue weighted by molar-refractivity contribution is -0.130. The van der Waals surface area contributed by atoms with E-state index in [9.17, 15) is 4.79 Å². The second-order valence-corrected chi connectivity index (χ2v) is 5.05. The molecule has 2 fully saturated rings. The first-order valence-electron chi connectivity index (χ1n) is 6.28. The second kappa shape index (κ2) is 5.38. The van der Waals surface area contributed by atoms with Crippen LogP contribution in [0.1, 0.15) is 32.1 Å². The van der Waals surface area contributed by atoms with Crippen LogP contribution >= 0.6 is 0 Å². The van der Waals surface area contributed by atoms with Crippen LogP contribution in [0.2, 0.25) is 0 Å². The number of nitrogens with zero attached hydrogens (tertiary/aromatic N) is 4. The number of hydrogen-bond donors (Lipinski definition) is 1. The van der Waals surface area contributed by atoms with Gasteiger partial charge in [0.2, 0.25) is 5.91 Å². The van der Waals surface area contributed by atoms with Crippen molar-refractivity contribution in [1.82, 2.24) is 4.90 Å². The van der Waals surface area contributed by atoms with Gasteiger partial charge in [-0.05, 0) is 24.3 Å². The molecule has 0 aromatic heterocycles. The lowest BCUT2D eigenvalue weighted by Crippen LogP contribution is -2.50. The lowest BCUT2D eigenvalue weighted by atomic mass is 9.90. The Morgan fingerprint density at radius 1 is 1.47 bits per heavy atom. The minimum Gasteiger partial charge on any atom is -0.338 e. The van der Waals surface area contributed by atoms with Crippen LogP contribution in [0, 0.1) is 5.92 Å². The number of nitrogens with two attached hydrogens (primary N) is 1. The first-order valence-corrected chi connectivity index (χ1v) is 6.28. The van der Waals surface area contributed by atoms with Gasteiger partial charge in [-0.2, -0.15) is 0 Å². The number of amides is 1. The van der Waals surface area contributed by atoms with Gasteiger partial charge >= 0.3 is 0 Å². The van der Waals surface area contributed by atoms with Gasteiger partial charge in [-0.1, -0.05) is 18.0 Å². The maximum atomic E-state index is 11.9. The minimum absolute atomic E-state index is 0.117. The molecule has 17 heavy (non-hydrogen) atoms. The van der Waals surface area contributed by atoms with E-state index in [-0.39, 0.29) is 23.9 Å². The van der Waals surface area contributed by atoms with Crippen LogP contribution in [0.3, 0.4) is 0 Å². The predicted octanol–water partition coefficient (Wildman–Crippen LogP) is 1.42. The first-order chi connectivity index (χ1) is 8.22. The zero-order valence-corrected chi connectivity index (χ0v) is 9.96. The third-order valence-corrected chi connectivity index (χ3v) is 3.82. The quantitative estimate of drug-likeness (QED) is 0.456. The molecule has 1 unspecified atom stereocenters. The molecule has 1 saturated heterocycles. The van der Waals surface area contributed by atoms with Gasteiger partial charge in [0.1, 0.15) is 0 Å². The van der Waals surface area contributed by atoms with Crippen LogP contribution in [0.4, 0.5) is 0 Å². The van der Waals surface area contributed by atoms with E-state index in [1.807, 2.05) is 4.90 Å². The van der Waals surface area contributed by atoms with Crippen molar-refractivity contribution in [2.45, 2.75) is 44.2 Å². The van der Waals surface area contributed by atoms with Gasteiger partial charge in [-0.3, -0.25) is 4.79 Å². The highest BCUT2D eigenvalue weighted by Crippen LogP contribution is 2.28. The molecule has 1 aliphatic heterocycles. The van der Waals surface area contributed by atoms with Crippen LogP contribution in [0.5, 0.6) is 0 Å². The van der Waals surface area contributed by atoms with Crippen molar-refractivity contribution in [2.24, 2.45) is 16.8 Å². The minimum atomic E-state index is 0.117. The second-order valence-electron chi connectivity index (χ2n) is 5.05. The maximum absolute atomic E-state index is 11.9. The zero-order valence-electron chi connectivity index (χ0n) is 9.96. The Hall–Kier alpha value is -1.26. The summed E-state index contributed by atoms with van der Waals surface area (Å²) in [6.07, 6.45) is 4.85. The Bertz CT molecular complexity index is 339. The smallest absolute Gasteiger partial charge is 0.223 e. The number of carbonyl (C=O) groups excluding carboxylic acids is 1. The molecule has 3 atom stereocenters. The van der Waals surface area contributed by atoms with Crippen molar-refractivity contribution in [1.29, 1.82) is 0 Å². The van der Waals surface area contributed by atoms with Gasteiger partial charge in [0, 0.05) is 36.5 Å². The monoisotopic (exact) mass is 237 g/mol. The van der Waals surface area contributed by atoms with E-state index in [0.29, 0.717) is 19.5 Å². The molecule has 94 valence electrons. The number of rotatable bonds is 3. The van der Waals surface area contributed by atoms with E-state index in [0.717, 1.165) is 19.3 Å². The Labute approximate surface area is 101 Å².